The number of ether oxygens (including phenoxy) is 1. The molecule has 116 valence electrons. The number of carbonyl (C=O) groups excluding carboxylic acids is 1. The number of para-hydroxylation sites is 1. The Balaban J connectivity index is 1.98. The van der Waals surface area contributed by atoms with Crippen LogP contribution in [0.25, 0.3) is 0 Å². The van der Waals surface area contributed by atoms with Crippen LogP contribution in [-0.2, 0) is 4.79 Å². The normalized spacial score (nSPS) is 10.4. The zero-order valence-electron chi connectivity index (χ0n) is 12.8. The minimum absolute atomic E-state index is 0.0385. The number of anilines is 1. The Hall–Kier alpha value is -1.65. The van der Waals surface area contributed by atoms with Crippen LogP contribution in [0.1, 0.15) is 11.1 Å². The first kappa shape index (κ1) is 16.7. The molecule has 0 aliphatic rings. The lowest BCUT2D eigenvalue weighted by molar-refractivity contribution is -0.118. The monoisotopic (exact) mass is 335 g/mol. The quantitative estimate of drug-likeness (QED) is 0.805. The Kier molecular flexibility index (Phi) is 5.75. The molecule has 3 nitrogen and oxygen atoms in total. The zero-order valence-corrected chi connectivity index (χ0v) is 14.3. The van der Waals surface area contributed by atoms with Crippen LogP contribution in [0.2, 0.25) is 5.02 Å². The highest BCUT2D eigenvalue weighted by atomic mass is 35.5. The minimum Gasteiger partial charge on any atom is -0.484 e. The standard InChI is InChI=1S/C17H18ClNO2S/c1-11-8-13(9-12(2)17(11)18)21-10-16(20)19-14-6-4-5-7-15(14)22-3/h4-9H,10H2,1-3H3,(H,19,20). The van der Waals surface area contributed by atoms with Crippen molar-refractivity contribution in [1.29, 1.82) is 0 Å². The molecule has 0 unspecified atom stereocenters. The molecule has 0 spiro atoms. The Morgan fingerprint density at radius 2 is 1.86 bits per heavy atom. The Labute approximate surface area is 140 Å². The highest BCUT2D eigenvalue weighted by Crippen LogP contribution is 2.26. The molecule has 2 aromatic carbocycles. The molecule has 0 bridgehead atoms. The first-order chi connectivity index (χ1) is 10.5. The second kappa shape index (κ2) is 7.56. The molecule has 0 radical (unpaired) electrons. The van der Waals surface area contributed by atoms with Crippen molar-refractivity contribution in [3.05, 3.63) is 52.5 Å². The number of hydrogen-bond acceptors (Lipinski definition) is 3. The summed E-state index contributed by atoms with van der Waals surface area (Å²) >= 11 is 7.70. The molecule has 0 aliphatic carbocycles. The van der Waals surface area contributed by atoms with Crippen molar-refractivity contribution in [2.75, 3.05) is 18.2 Å². The topological polar surface area (TPSA) is 38.3 Å². The van der Waals surface area contributed by atoms with Gasteiger partial charge in [0.05, 0.1) is 5.69 Å². The van der Waals surface area contributed by atoms with Crippen LogP contribution in [0, 0.1) is 13.8 Å². The van der Waals surface area contributed by atoms with E-state index < -0.39 is 0 Å². The van der Waals surface area contributed by atoms with Crippen LogP contribution in [0.4, 0.5) is 5.69 Å². The summed E-state index contributed by atoms with van der Waals surface area (Å²) in [4.78, 5) is 13.0. The van der Waals surface area contributed by atoms with E-state index in [1.165, 1.54) is 0 Å². The average Bonchev–Trinajstić information content (AvgIpc) is 2.51. The highest BCUT2D eigenvalue weighted by Gasteiger charge is 2.08. The van der Waals surface area contributed by atoms with Crippen molar-refractivity contribution in [3.63, 3.8) is 0 Å². The Morgan fingerprint density at radius 3 is 2.50 bits per heavy atom. The smallest absolute Gasteiger partial charge is 0.262 e. The van der Waals surface area contributed by atoms with Gasteiger partial charge < -0.3 is 10.1 Å². The van der Waals surface area contributed by atoms with Gasteiger partial charge in [-0.15, -0.1) is 11.8 Å². The molecule has 0 aromatic heterocycles. The second-order valence-electron chi connectivity index (χ2n) is 4.91. The Bertz CT molecular complexity index is 665. The van der Waals surface area contributed by atoms with Crippen molar-refractivity contribution in [1.82, 2.24) is 0 Å². The first-order valence-electron chi connectivity index (χ1n) is 6.83. The first-order valence-corrected chi connectivity index (χ1v) is 8.44. The van der Waals surface area contributed by atoms with E-state index in [0.717, 1.165) is 26.7 Å². The predicted octanol–water partition coefficient (Wildman–Crippen LogP) is 4.70. The van der Waals surface area contributed by atoms with E-state index >= 15 is 0 Å². The van der Waals surface area contributed by atoms with Crippen LogP contribution in [0.5, 0.6) is 5.75 Å². The average molecular weight is 336 g/mol. The van der Waals surface area contributed by atoms with E-state index in [0.29, 0.717) is 5.75 Å². The van der Waals surface area contributed by atoms with Crippen molar-refractivity contribution >= 4 is 35.0 Å². The molecule has 0 fully saturated rings. The molecule has 1 amide bonds. The van der Waals surface area contributed by atoms with Crippen molar-refractivity contribution in [3.8, 4) is 5.75 Å². The number of rotatable bonds is 5. The predicted molar refractivity (Wildman–Crippen MR) is 93.3 cm³/mol. The van der Waals surface area contributed by atoms with Gasteiger partial charge in [-0.2, -0.15) is 0 Å². The molecule has 0 saturated heterocycles. The number of hydrogen-bond donors (Lipinski definition) is 1. The summed E-state index contributed by atoms with van der Waals surface area (Å²) < 4.78 is 5.55. The molecule has 1 N–H and O–H groups in total. The molecule has 0 atom stereocenters. The van der Waals surface area contributed by atoms with E-state index in [9.17, 15) is 4.79 Å². The van der Waals surface area contributed by atoms with Gasteiger partial charge in [-0.05, 0) is 55.5 Å². The van der Waals surface area contributed by atoms with E-state index in [-0.39, 0.29) is 12.5 Å². The van der Waals surface area contributed by atoms with Crippen LogP contribution >= 0.6 is 23.4 Å². The summed E-state index contributed by atoms with van der Waals surface area (Å²) in [6.07, 6.45) is 1.97. The number of carbonyl (C=O) groups is 1. The van der Waals surface area contributed by atoms with Gasteiger partial charge in [0.25, 0.3) is 5.91 Å². The third-order valence-electron chi connectivity index (χ3n) is 3.16. The van der Waals surface area contributed by atoms with Gasteiger partial charge in [0.15, 0.2) is 6.61 Å². The summed E-state index contributed by atoms with van der Waals surface area (Å²) in [5, 5.41) is 3.59. The molecular formula is C17H18ClNO2S. The van der Waals surface area contributed by atoms with Gasteiger partial charge in [0.1, 0.15) is 5.75 Å². The van der Waals surface area contributed by atoms with Crippen LogP contribution < -0.4 is 10.1 Å². The van der Waals surface area contributed by atoms with Gasteiger partial charge in [-0.3, -0.25) is 4.79 Å². The molecule has 2 rings (SSSR count). The maximum absolute atomic E-state index is 12.0. The number of benzene rings is 2. The number of nitrogens with one attached hydrogen (secondary N) is 1. The number of halogens is 1. The fraction of sp³-hybridized carbons (Fsp3) is 0.235. The molecule has 2 aromatic rings. The van der Waals surface area contributed by atoms with Crippen LogP contribution in [0.3, 0.4) is 0 Å². The van der Waals surface area contributed by atoms with E-state index in [4.69, 9.17) is 16.3 Å². The van der Waals surface area contributed by atoms with Crippen molar-refractivity contribution in [2.24, 2.45) is 0 Å². The molecule has 0 aliphatic heterocycles. The van der Waals surface area contributed by atoms with Crippen LogP contribution in [-0.4, -0.2) is 18.8 Å². The van der Waals surface area contributed by atoms with E-state index in [1.54, 1.807) is 11.8 Å². The van der Waals surface area contributed by atoms with Gasteiger partial charge in [-0.1, -0.05) is 23.7 Å². The van der Waals surface area contributed by atoms with E-state index in [2.05, 4.69) is 5.32 Å². The Morgan fingerprint density at radius 1 is 1.23 bits per heavy atom. The largest absolute Gasteiger partial charge is 0.484 e. The van der Waals surface area contributed by atoms with Gasteiger partial charge in [0, 0.05) is 9.92 Å². The van der Waals surface area contributed by atoms with Crippen molar-refractivity contribution < 1.29 is 9.53 Å². The fourth-order valence-electron chi connectivity index (χ4n) is 2.07. The highest BCUT2D eigenvalue weighted by molar-refractivity contribution is 7.98. The van der Waals surface area contributed by atoms with Crippen molar-refractivity contribution in [2.45, 2.75) is 18.7 Å². The number of aryl methyl sites for hydroxylation is 2. The van der Waals surface area contributed by atoms with Gasteiger partial charge in [-0.25, -0.2) is 0 Å². The molecule has 22 heavy (non-hydrogen) atoms. The lowest BCUT2D eigenvalue weighted by atomic mass is 10.1. The SMILES string of the molecule is CSc1ccccc1NC(=O)COc1cc(C)c(Cl)c(C)c1. The summed E-state index contributed by atoms with van der Waals surface area (Å²) in [5.41, 5.74) is 2.67. The lowest BCUT2D eigenvalue weighted by Crippen LogP contribution is -2.20. The second-order valence-corrected chi connectivity index (χ2v) is 6.13. The summed E-state index contributed by atoms with van der Waals surface area (Å²) in [6, 6.07) is 11.3. The maximum atomic E-state index is 12.0. The summed E-state index contributed by atoms with van der Waals surface area (Å²) in [6.45, 7) is 3.79. The lowest BCUT2D eigenvalue weighted by Gasteiger charge is -2.11. The number of amides is 1. The number of thioether (sulfide) groups is 1. The summed E-state index contributed by atoms with van der Waals surface area (Å²) in [7, 11) is 0. The molecule has 0 saturated carbocycles. The zero-order chi connectivity index (χ0) is 16.1. The molecule has 5 heteroatoms. The van der Waals surface area contributed by atoms with Gasteiger partial charge in [0.2, 0.25) is 0 Å². The van der Waals surface area contributed by atoms with Gasteiger partial charge >= 0.3 is 0 Å². The third kappa shape index (κ3) is 4.18. The van der Waals surface area contributed by atoms with E-state index in [1.807, 2.05) is 56.5 Å². The maximum Gasteiger partial charge on any atom is 0.262 e. The summed E-state index contributed by atoms with van der Waals surface area (Å²) in [5.74, 6) is 0.458. The molecular weight excluding hydrogens is 318 g/mol. The third-order valence-corrected chi connectivity index (χ3v) is 4.55. The fourth-order valence-corrected chi connectivity index (χ4v) is 2.74. The van der Waals surface area contributed by atoms with Crippen LogP contribution in [0.15, 0.2) is 41.3 Å². The minimum atomic E-state index is -0.188. The molecule has 0 heterocycles.